The lowest BCUT2D eigenvalue weighted by atomic mass is 10.4. The minimum absolute atomic E-state index is 0.267. The summed E-state index contributed by atoms with van der Waals surface area (Å²) in [4.78, 5) is 0. The van der Waals surface area contributed by atoms with Gasteiger partial charge in [-0.05, 0) is 38.3 Å². The Hall–Kier alpha value is -0.130. The molecule has 0 bridgehead atoms. The fraction of sp³-hybridized carbons (Fsp3) is 1.00. The summed E-state index contributed by atoms with van der Waals surface area (Å²) in [6, 6.07) is 0. The minimum atomic E-state index is -3.00. The predicted molar refractivity (Wildman–Crippen MR) is 62.3 cm³/mol. The van der Waals surface area contributed by atoms with Gasteiger partial charge in [0.05, 0.1) is 5.75 Å². The molecule has 1 N–H and O–H groups in total. The third-order valence-electron chi connectivity index (χ3n) is 2.69. The molecule has 0 aromatic carbocycles. The monoisotopic (exact) mass is 234 g/mol. The first kappa shape index (κ1) is 12.9. The maximum atomic E-state index is 11.8. The molecule has 1 aliphatic rings. The zero-order valence-corrected chi connectivity index (χ0v) is 10.5. The summed E-state index contributed by atoms with van der Waals surface area (Å²) in [6.45, 7) is 4.42. The van der Waals surface area contributed by atoms with E-state index in [1.165, 1.54) is 17.1 Å². The van der Waals surface area contributed by atoms with Crippen LogP contribution in [0.1, 0.15) is 26.2 Å². The van der Waals surface area contributed by atoms with Gasteiger partial charge in [0.15, 0.2) is 0 Å². The smallest absolute Gasteiger partial charge is 0.213 e. The number of sulfonamides is 1. The van der Waals surface area contributed by atoms with Crippen molar-refractivity contribution >= 4 is 10.0 Å². The SMILES string of the molecule is CCNCCCS(=O)(=O)N(C)CC1CC1. The van der Waals surface area contributed by atoms with Crippen molar-refractivity contribution in [2.45, 2.75) is 26.2 Å². The highest BCUT2D eigenvalue weighted by atomic mass is 32.2. The van der Waals surface area contributed by atoms with Crippen LogP contribution in [0.2, 0.25) is 0 Å². The van der Waals surface area contributed by atoms with Gasteiger partial charge in [-0.15, -0.1) is 0 Å². The Bertz CT molecular complexity index is 273. The lowest BCUT2D eigenvalue weighted by molar-refractivity contribution is 0.451. The molecule has 0 aliphatic heterocycles. The number of nitrogens with zero attached hydrogens (tertiary/aromatic N) is 1. The quantitative estimate of drug-likeness (QED) is 0.628. The molecule has 0 atom stereocenters. The van der Waals surface area contributed by atoms with Gasteiger partial charge in [-0.1, -0.05) is 6.92 Å². The number of hydrogen-bond acceptors (Lipinski definition) is 3. The highest BCUT2D eigenvalue weighted by Gasteiger charge is 2.27. The van der Waals surface area contributed by atoms with E-state index in [1.807, 2.05) is 6.92 Å². The molecule has 1 saturated carbocycles. The van der Waals surface area contributed by atoms with Crippen LogP contribution < -0.4 is 5.32 Å². The molecule has 0 amide bonds. The Balaban J connectivity index is 2.23. The van der Waals surface area contributed by atoms with E-state index in [2.05, 4.69) is 5.32 Å². The Morgan fingerprint density at radius 3 is 2.60 bits per heavy atom. The second-order valence-corrected chi connectivity index (χ2v) is 6.44. The first-order chi connectivity index (χ1) is 7.06. The molecule has 1 aliphatic carbocycles. The first-order valence-electron chi connectivity index (χ1n) is 5.71. The van der Waals surface area contributed by atoms with Crippen LogP contribution in [0.15, 0.2) is 0 Å². The summed E-state index contributed by atoms with van der Waals surface area (Å²) in [5.41, 5.74) is 0. The molecular formula is C10H22N2O2S. The van der Waals surface area contributed by atoms with Gasteiger partial charge in [0.25, 0.3) is 0 Å². The highest BCUT2D eigenvalue weighted by molar-refractivity contribution is 7.89. The van der Waals surface area contributed by atoms with Crippen LogP contribution in [0, 0.1) is 5.92 Å². The molecule has 15 heavy (non-hydrogen) atoms. The highest BCUT2D eigenvalue weighted by Crippen LogP contribution is 2.29. The van der Waals surface area contributed by atoms with E-state index in [0.717, 1.165) is 13.1 Å². The summed E-state index contributed by atoms with van der Waals surface area (Å²) in [7, 11) is -1.31. The number of rotatable bonds is 8. The van der Waals surface area contributed by atoms with E-state index in [0.29, 0.717) is 18.9 Å². The summed E-state index contributed by atoms with van der Waals surface area (Å²) in [6.07, 6.45) is 3.08. The van der Waals surface area contributed by atoms with Gasteiger partial charge in [0.2, 0.25) is 10.0 Å². The number of nitrogens with one attached hydrogen (secondary N) is 1. The molecule has 0 heterocycles. The summed E-state index contributed by atoms with van der Waals surface area (Å²) < 4.78 is 25.0. The van der Waals surface area contributed by atoms with Gasteiger partial charge >= 0.3 is 0 Å². The normalized spacial score (nSPS) is 17.3. The van der Waals surface area contributed by atoms with E-state index in [-0.39, 0.29) is 5.75 Å². The average Bonchev–Trinajstić information content (AvgIpc) is 2.96. The Kier molecular flexibility index (Phi) is 5.02. The van der Waals surface area contributed by atoms with Crippen molar-refractivity contribution in [2.75, 3.05) is 32.4 Å². The standard InChI is InChI=1S/C10H22N2O2S/c1-3-11-7-4-8-15(13,14)12(2)9-10-5-6-10/h10-11H,3-9H2,1-2H3. The summed E-state index contributed by atoms with van der Waals surface area (Å²) in [5.74, 6) is 0.891. The first-order valence-corrected chi connectivity index (χ1v) is 7.32. The fourth-order valence-electron chi connectivity index (χ4n) is 1.49. The van der Waals surface area contributed by atoms with Crippen molar-refractivity contribution in [3.05, 3.63) is 0 Å². The van der Waals surface area contributed by atoms with Crippen LogP contribution in [0.4, 0.5) is 0 Å². The topological polar surface area (TPSA) is 49.4 Å². The third-order valence-corrected chi connectivity index (χ3v) is 4.60. The average molecular weight is 234 g/mol. The minimum Gasteiger partial charge on any atom is -0.317 e. The van der Waals surface area contributed by atoms with E-state index in [1.54, 1.807) is 7.05 Å². The fourth-order valence-corrected chi connectivity index (χ4v) is 2.75. The van der Waals surface area contributed by atoms with Gasteiger partial charge in [-0.25, -0.2) is 12.7 Å². The zero-order chi connectivity index (χ0) is 11.3. The molecule has 4 nitrogen and oxygen atoms in total. The lowest BCUT2D eigenvalue weighted by Gasteiger charge is -2.16. The van der Waals surface area contributed by atoms with Crippen LogP contribution in [0.3, 0.4) is 0 Å². The lowest BCUT2D eigenvalue weighted by Crippen LogP contribution is -2.32. The molecule has 0 unspecified atom stereocenters. The zero-order valence-electron chi connectivity index (χ0n) is 9.70. The van der Waals surface area contributed by atoms with Crippen LogP contribution in [0.5, 0.6) is 0 Å². The van der Waals surface area contributed by atoms with Gasteiger partial charge in [-0.3, -0.25) is 0 Å². The van der Waals surface area contributed by atoms with Gasteiger partial charge in [0.1, 0.15) is 0 Å². The molecule has 90 valence electrons. The van der Waals surface area contributed by atoms with Crippen molar-refractivity contribution < 1.29 is 8.42 Å². The second-order valence-electron chi connectivity index (χ2n) is 4.25. The molecule has 0 aromatic heterocycles. The molecule has 0 spiro atoms. The van der Waals surface area contributed by atoms with Gasteiger partial charge < -0.3 is 5.32 Å². The van der Waals surface area contributed by atoms with Crippen LogP contribution in [-0.4, -0.2) is 45.2 Å². The van der Waals surface area contributed by atoms with Gasteiger partial charge in [0, 0.05) is 13.6 Å². The van der Waals surface area contributed by atoms with Crippen LogP contribution in [0.25, 0.3) is 0 Å². The Morgan fingerprint density at radius 1 is 1.40 bits per heavy atom. The van der Waals surface area contributed by atoms with E-state index < -0.39 is 10.0 Å². The van der Waals surface area contributed by atoms with Crippen LogP contribution in [-0.2, 0) is 10.0 Å². The number of hydrogen-bond donors (Lipinski definition) is 1. The molecular weight excluding hydrogens is 212 g/mol. The maximum Gasteiger partial charge on any atom is 0.213 e. The predicted octanol–water partition coefficient (Wildman–Crippen LogP) is 0.658. The maximum absolute atomic E-state index is 11.8. The molecule has 0 aromatic rings. The van der Waals surface area contributed by atoms with Crippen molar-refractivity contribution in [1.29, 1.82) is 0 Å². The molecule has 1 rings (SSSR count). The van der Waals surface area contributed by atoms with Crippen molar-refractivity contribution in [2.24, 2.45) is 5.92 Å². The van der Waals surface area contributed by atoms with E-state index in [9.17, 15) is 8.42 Å². The van der Waals surface area contributed by atoms with Crippen LogP contribution >= 0.6 is 0 Å². The molecule has 1 fully saturated rings. The van der Waals surface area contributed by atoms with E-state index >= 15 is 0 Å². The summed E-state index contributed by atoms with van der Waals surface area (Å²) in [5, 5.41) is 3.13. The second kappa shape index (κ2) is 5.82. The Morgan fingerprint density at radius 2 is 2.07 bits per heavy atom. The molecule has 0 radical (unpaired) electrons. The summed E-state index contributed by atoms with van der Waals surface area (Å²) >= 11 is 0. The van der Waals surface area contributed by atoms with E-state index in [4.69, 9.17) is 0 Å². The Labute approximate surface area is 93.1 Å². The largest absolute Gasteiger partial charge is 0.317 e. The third kappa shape index (κ3) is 4.95. The van der Waals surface area contributed by atoms with Crippen molar-refractivity contribution in [3.63, 3.8) is 0 Å². The van der Waals surface area contributed by atoms with Gasteiger partial charge in [-0.2, -0.15) is 0 Å². The molecule has 0 saturated heterocycles. The van der Waals surface area contributed by atoms with Crippen molar-refractivity contribution in [3.8, 4) is 0 Å². The van der Waals surface area contributed by atoms with Crippen molar-refractivity contribution in [1.82, 2.24) is 9.62 Å². The molecule has 5 heteroatoms.